The number of para-hydroxylation sites is 1. The molecule has 0 atom stereocenters. The minimum atomic E-state index is -0.793. The molecule has 3 nitrogen and oxygen atoms in total. The highest BCUT2D eigenvalue weighted by Gasteiger charge is 2.07. The van der Waals surface area contributed by atoms with Crippen LogP contribution in [0.3, 0.4) is 0 Å². The number of thioether (sulfide) groups is 1. The lowest BCUT2D eigenvalue weighted by Gasteiger charge is -2.06. The molecule has 2 aromatic carbocycles. The van der Waals surface area contributed by atoms with E-state index in [2.05, 4.69) is 23.2 Å². The Morgan fingerprint density at radius 3 is 2.52 bits per heavy atom. The van der Waals surface area contributed by atoms with Gasteiger partial charge >= 0.3 is 5.97 Å². The van der Waals surface area contributed by atoms with E-state index in [0.717, 1.165) is 27.4 Å². The molecule has 2 N–H and O–H groups in total. The molecule has 106 valence electrons. The summed E-state index contributed by atoms with van der Waals surface area (Å²) in [6, 6.07) is 18.0. The Morgan fingerprint density at radius 1 is 1.05 bits per heavy atom. The topological polar surface area (TPSA) is 53.1 Å². The van der Waals surface area contributed by atoms with Crippen molar-refractivity contribution in [2.75, 3.05) is 0 Å². The Balaban J connectivity index is 1.76. The maximum Gasteiger partial charge on any atom is 0.307 e. The van der Waals surface area contributed by atoms with Gasteiger partial charge in [-0.1, -0.05) is 42.5 Å². The molecule has 0 aliphatic carbocycles. The van der Waals surface area contributed by atoms with Gasteiger partial charge in [0.2, 0.25) is 0 Å². The molecule has 1 aromatic heterocycles. The van der Waals surface area contributed by atoms with E-state index in [1.54, 1.807) is 11.8 Å². The fourth-order valence-corrected chi connectivity index (χ4v) is 3.30. The van der Waals surface area contributed by atoms with Crippen molar-refractivity contribution in [3.63, 3.8) is 0 Å². The molecule has 3 aromatic rings. The molecule has 0 saturated heterocycles. The van der Waals surface area contributed by atoms with Gasteiger partial charge in [-0.05, 0) is 23.3 Å². The van der Waals surface area contributed by atoms with Crippen LogP contribution in [0.1, 0.15) is 11.1 Å². The zero-order chi connectivity index (χ0) is 14.7. The molecular formula is C17H15NO2S. The fraction of sp³-hybridized carbons (Fsp3) is 0.118. The SMILES string of the molecule is O=C(O)Cc1ccccc1CSc1cc2ccccc2[nH]1. The quantitative estimate of drug-likeness (QED) is 0.697. The molecule has 0 saturated carbocycles. The van der Waals surface area contributed by atoms with Crippen molar-refractivity contribution >= 4 is 28.6 Å². The van der Waals surface area contributed by atoms with Crippen LogP contribution >= 0.6 is 11.8 Å². The molecular weight excluding hydrogens is 282 g/mol. The average Bonchev–Trinajstić information content (AvgIpc) is 2.88. The monoisotopic (exact) mass is 297 g/mol. The molecule has 1 heterocycles. The predicted octanol–water partition coefficient (Wildman–Crippen LogP) is 4.09. The van der Waals surface area contributed by atoms with Crippen molar-refractivity contribution in [1.82, 2.24) is 4.98 Å². The van der Waals surface area contributed by atoms with Crippen LogP contribution in [0.2, 0.25) is 0 Å². The third kappa shape index (κ3) is 3.28. The summed E-state index contributed by atoms with van der Waals surface area (Å²) >= 11 is 1.69. The number of aromatic amines is 1. The van der Waals surface area contributed by atoms with Gasteiger partial charge in [0.1, 0.15) is 0 Å². The van der Waals surface area contributed by atoms with Gasteiger partial charge in [0, 0.05) is 16.7 Å². The Bertz CT molecular complexity index is 746. The second-order valence-electron chi connectivity index (χ2n) is 4.85. The van der Waals surface area contributed by atoms with E-state index in [1.165, 1.54) is 5.39 Å². The van der Waals surface area contributed by atoms with Gasteiger partial charge in [-0.3, -0.25) is 4.79 Å². The van der Waals surface area contributed by atoms with E-state index in [1.807, 2.05) is 36.4 Å². The van der Waals surface area contributed by atoms with Gasteiger partial charge in [-0.15, -0.1) is 11.8 Å². The van der Waals surface area contributed by atoms with Gasteiger partial charge < -0.3 is 10.1 Å². The van der Waals surface area contributed by atoms with Gasteiger partial charge in [0.05, 0.1) is 11.4 Å². The lowest BCUT2D eigenvalue weighted by atomic mass is 10.1. The Kier molecular flexibility index (Phi) is 3.97. The lowest BCUT2D eigenvalue weighted by Crippen LogP contribution is -2.02. The number of carbonyl (C=O) groups is 1. The van der Waals surface area contributed by atoms with Crippen LogP contribution in [0.5, 0.6) is 0 Å². The number of nitrogens with one attached hydrogen (secondary N) is 1. The normalized spacial score (nSPS) is 10.9. The van der Waals surface area contributed by atoms with Crippen molar-refractivity contribution in [3.8, 4) is 0 Å². The minimum absolute atomic E-state index is 0.0729. The zero-order valence-electron chi connectivity index (χ0n) is 11.4. The number of aromatic nitrogens is 1. The van der Waals surface area contributed by atoms with Gasteiger partial charge in [-0.25, -0.2) is 0 Å². The summed E-state index contributed by atoms with van der Waals surface area (Å²) in [5.41, 5.74) is 3.08. The summed E-state index contributed by atoms with van der Waals surface area (Å²) in [6.45, 7) is 0. The van der Waals surface area contributed by atoms with Crippen molar-refractivity contribution in [1.29, 1.82) is 0 Å². The lowest BCUT2D eigenvalue weighted by molar-refractivity contribution is -0.136. The molecule has 0 spiro atoms. The standard InChI is InChI=1S/C17H15NO2S/c19-17(20)10-12-5-1-2-7-14(12)11-21-16-9-13-6-3-4-8-15(13)18-16/h1-9,18H,10-11H2,(H,19,20). The third-order valence-electron chi connectivity index (χ3n) is 3.35. The molecule has 0 fully saturated rings. The van der Waals surface area contributed by atoms with Gasteiger partial charge in [0.15, 0.2) is 0 Å². The van der Waals surface area contributed by atoms with E-state index in [9.17, 15) is 4.79 Å². The summed E-state index contributed by atoms with van der Waals surface area (Å²) in [4.78, 5) is 14.3. The Hall–Kier alpha value is -2.20. The Labute approximate surface area is 127 Å². The van der Waals surface area contributed by atoms with E-state index in [-0.39, 0.29) is 6.42 Å². The number of hydrogen-bond donors (Lipinski definition) is 2. The van der Waals surface area contributed by atoms with Crippen molar-refractivity contribution in [3.05, 3.63) is 65.7 Å². The summed E-state index contributed by atoms with van der Waals surface area (Å²) < 4.78 is 0. The van der Waals surface area contributed by atoms with Crippen molar-refractivity contribution in [2.24, 2.45) is 0 Å². The summed E-state index contributed by atoms with van der Waals surface area (Å²) in [6.07, 6.45) is 0.0729. The van der Waals surface area contributed by atoms with Crippen LogP contribution in [0.25, 0.3) is 10.9 Å². The molecule has 0 bridgehead atoms. The molecule has 0 unspecified atom stereocenters. The first-order valence-corrected chi connectivity index (χ1v) is 7.70. The Morgan fingerprint density at radius 2 is 1.76 bits per heavy atom. The first kappa shape index (κ1) is 13.8. The molecule has 3 rings (SSSR count). The molecule has 0 amide bonds. The molecule has 4 heteroatoms. The number of rotatable bonds is 5. The average molecular weight is 297 g/mol. The summed E-state index contributed by atoms with van der Waals surface area (Å²) in [5.74, 6) is -0.0333. The summed E-state index contributed by atoms with van der Waals surface area (Å²) in [5, 5.41) is 11.3. The molecule has 0 aliphatic rings. The van der Waals surface area contributed by atoms with Crippen LogP contribution in [0.15, 0.2) is 59.6 Å². The van der Waals surface area contributed by atoms with Crippen LogP contribution < -0.4 is 0 Å². The zero-order valence-corrected chi connectivity index (χ0v) is 12.2. The number of hydrogen-bond acceptors (Lipinski definition) is 2. The molecule has 0 radical (unpaired) electrons. The van der Waals surface area contributed by atoms with Crippen molar-refractivity contribution < 1.29 is 9.90 Å². The summed E-state index contributed by atoms with van der Waals surface area (Å²) in [7, 11) is 0. The maximum absolute atomic E-state index is 10.9. The second-order valence-corrected chi connectivity index (χ2v) is 5.87. The van der Waals surface area contributed by atoms with Crippen LogP contribution in [0, 0.1) is 0 Å². The van der Waals surface area contributed by atoms with E-state index in [0.29, 0.717) is 0 Å². The first-order chi connectivity index (χ1) is 10.2. The van der Waals surface area contributed by atoms with E-state index < -0.39 is 5.97 Å². The third-order valence-corrected chi connectivity index (χ3v) is 4.33. The number of benzene rings is 2. The highest BCUT2D eigenvalue weighted by Crippen LogP contribution is 2.27. The predicted molar refractivity (Wildman–Crippen MR) is 85.6 cm³/mol. The van der Waals surface area contributed by atoms with E-state index in [4.69, 9.17) is 5.11 Å². The molecule has 0 aliphatic heterocycles. The largest absolute Gasteiger partial charge is 0.481 e. The number of carboxylic acid groups (broad SMARTS) is 1. The first-order valence-electron chi connectivity index (χ1n) is 6.71. The van der Waals surface area contributed by atoms with Crippen molar-refractivity contribution in [2.45, 2.75) is 17.2 Å². The fourth-order valence-electron chi connectivity index (χ4n) is 2.31. The van der Waals surface area contributed by atoms with E-state index >= 15 is 0 Å². The highest BCUT2D eigenvalue weighted by molar-refractivity contribution is 7.98. The van der Waals surface area contributed by atoms with Crippen LogP contribution in [-0.4, -0.2) is 16.1 Å². The highest BCUT2D eigenvalue weighted by atomic mass is 32.2. The second kappa shape index (κ2) is 6.06. The maximum atomic E-state index is 10.9. The number of carboxylic acids is 1. The smallest absolute Gasteiger partial charge is 0.307 e. The number of fused-ring (bicyclic) bond motifs is 1. The minimum Gasteiger partial charge on any atom is -0.481 e. The van der Waals surface area contributed by atoms with Gasteiger partial charge in [-0.2, -0.15) is 0 Å². The number of aliphatic carboxylic acids is 1. The van der Waals surface area contributed by atoms with Crippen LogP contribution in [-0.2, 0) is 17.0 Å². The van der Waals surface area contributed by atoms with Gasteiger partial charge in [0.25, 0.3) is 0 Å². The molecule has 21 heavy (non-hydrogen) atoms. The van der Waals surface area contributed by atoms with Crippen LogP contribution in [0.4, 0.5) is 0 Å². The number of H-pyrrole nitrogens is 1.